The normalized spacial score (nSPS) is 13.2. The van der Waals surface area contributed by atoms with E-state index in [2.05, 4.69) is 0 Å². The van der Waals surface area contributed by atoms with Gasteiger partial charge in [-0.05, 0) is 18.6 Å². The number of hydrogen-bond donors (Lipinski definition) is 1. The predicted octanol–water partition coefficient (Wildman–Crippen LogP) is 2.69. The van der Waals surface area contributed by atoms with Crippen LogP contribution in [-0.4, -0.2) is 11.2 Å². The van der Waals surface area contributed by atoms with Gasteiger partial charge in [-0.2, -0.15) is 13.2 Å². The van der Waals surface area contributed by atoms with Crippen molar-refractivity contribution in [2.45, 2.75) is 25.7 Å². The minimum absolute atomic E-state index is 0.276. The monoisotopic (exact) mass is 264 g/mol. The van der Waals surface area contributed by atoms with E-state index in [0.29, 0.717) is 18.6 Å². The van der Waals surface area contributed by atoms with Crippen LogP contribution < -0.4 is 10.5 Å². The fourth-order valence-electron chi connectivity index (χ4n) is 1.18. The van der Waals surface area contributed by atoms with Gasteiger partial charge in [0.15, 0.2) is 5.75 Å². The molecule has 0 bridgehead atoms. The topological polar surface area (TPSA) is 78.4 Å². The molecule has 18 heavy (non-hydrogen) atoms. The third-order valence-corrected chi connectivity index (χ3v) is 2.16. The van der Waals surface area contributed by atoms with Crippen molar-refractivity contribution in [2.75, 3.05) is 0 Å². The van der Waals surface area contributed by atoms with Crippen molar-refractivity contribution >= 4 is 5.69 Å². The van der Waals surface area contributed by atoms with E-state index >= 15 is 0 Å². The van der Waals surface area contributed by atoms with E-state index in [1.54, 1.807) is 6.92 Å². The Kier molecular flexibility index (Phi) is 4.12. The molecule has 1 aromatic rings. The van der Waals surface area contributed by atoms with Crippen LogP contribution in [0, 0.1) is 10.1 Å². The van der Waals surface area contributed by atoms with Crippen molar-refractivity contribution in [3.63, 3.8) is 0 Å². The van der Waals surface area contributed by atoms with Gasteiger partial charge in [-0.25, -0.2) is 0 Å². The molecule has 0 aliphatic rings. The maximum Gasteiger partial charge on any atom is 0.416 e. The summed E-state index contributed by atoms with van der Waals surface area (Å²) < 4.78 is 42.2. The van der Waals surface area contributed by atoms with E-state index < -0.39 is 28.6 Å². The summed E-state index contributed by atoms with van der Waals surface area (Å²) in [6.45, 7) is 1.68. The fraction of sp³-hybridized carbons (Fsp3) is 0.400. The maximum absolute atomic E-state index is 12.4. The van der Waals surface area contributed by atoms with Crippen LogP contribution in [0.15, 0.2) is 18.2 Å². The third-order valence-electron chi connectivity index (χ3n) is 2.16. The van der Waals surface area contributed by atoms with E-state index in [-0.39, 0.29) is 5.75 Å². The number of rotatable bonds is 4. The smallest absolute Gasteiger partial charge is 0.416 e. The lowest BCUT2D eigenvalue weighted by Crippen LogP contribution is -2.26. The van der Waals surface area contributed by atoms with Gasteiger partial charge in [-0.15, -0.1) is 0 Å². The van der Waals surface area contributed by atoms with Crippen molar-refractivity contribution < 1.29 is 22.8 Å². The first-order valence-electron chi connectivity index (χ1n) is 5.03. The zero-order valence-corrected chi connectivity index (χ0v) is 9.40. The zero-order chi connectivity index (χ0) is 13.9. The molecule has 0 radical (unpaired) electrons. The molecule has 2 N–H and O–H groups in total. The zero-order valence-electron chi connectivity index (χ0n) is 9.40. The van der Waals surface area contributed by atoms with Crippen LogP contribution in [0.4, 0.5) is 18.9 Å². The van der Waals surface area contributed by atoms with Crippen LogP contribution in [0.3, 0.4) is 0 Å². The average Bonchev–Trinajstić information content (AvgIpc) is 2.27. The summed E-state index contributed by atoms with van der Waals surface area (Å²) in [7, 11) is 0. The molecule has 100 valence electrons. The van der Waals surface area contributed by atoms with Gasteiger partial charge in [-0.3, -0.25) is 15.8 Å². The Bertz CT molecular complexity index is 448. The number of nitro groups is 1. The summed E-state index contributed by atoms with van der Waals surface area (Å²) in [5.74, 6) is -0.276. The standard InChI is InChI=1S/C10H11F3N2O3/c1-2-9(14)18-8-4-3-6(10(11,12)13)5-7(8)15(16)17/h3-5,9H,2,14H2,1H3. The summed E-state index contributed by atoms with van der Waals surface area (Å²) in [6.07, 6.45) is -5.07. The van der Waals surface area contributed by atoms with Crippen molar-refractivity contribution in [1.82, 2.24) is 0 Å². The number of nitrogens with two attached hydrogens (primary N) is 1. The molecule has 0 heterocycles. The first-order valence-corrected chi connectivity index (χ1v) is 5.03. The molecular formula is C10H11F3N2O3. The number of halogens is 3. The quantitative estimate of drug-likeness (QED) is 0.515. The number of benzene rings is 1. The molecule has 0 saturated carbocycles. The van der Waals surface area contributed by atoms with Crippen molar-refractivity contribution in [2.24, 2.45) is 5.73 Å². The number of nitro benzene ring substituents is 1. The van der Waals surface area contributed by atoms with Crippen LogP contribution in [0.2, 0.25) is 0 Å². The summed E-state index contributed by atoms with van der Waals surface area (Å²) in [5.41, 5.74) is 3.57. The molecule has 8 heteroatoms. The summed E-state index contributed by atoms with van der Waals surface area (Å²) >= 11 is 0. The molecule has 0 amide bonds. The van der Waals surface area contributed by atoms with Gasteiger partial charge in [0, 0.05) is 6.07 Å². The lowest BCUT2D eigenvalue weighted by molar-refractivity contribution is -0.386. The van der Waals surface area contributed by atoms with Gasteiger partial charge < -0.3 is 4.74 Å². The van der Waals surface area contributed by atoms with Gasteiger partial charge in [0.05, 0.1) is 10.5 Å². The predicted molar refractivity (Wildman–Crippen MR) is 57.0 cm³/mol. The maximum atomic E-state index is 12.4. The second-order valence-electron chi connectivity index (χ2n) is 3.50. The molecule has 1 unspecified atom stereocenters. The van der Waals surface area contributed by atoms with Crippen molar-refractivity contribution in [1.29, 1.82) is 0 Å². The minimum Gasteiger partial charge on any atom is -0.468 e. The van der Waals surface area contributed by atoms with Crippen LogP contribution in [0.5, 0.6) is 5.75 Å². The highest BCUT2D eigenvalue weighted by Gasteiger charge is 2.33. The molecule has 1 atom stereocenters. The van der Waals surface area contributed by atoms with Crippen molar-refractivity contribution in [3.05, 3.63) is 33.9 Å². The Morgan fingerprint density at radius 2 is 2.11 bits per heavy atom. The Morgan fingerprint density at radius 1 is 1.50 bits per heavy atom. The van der Waals surface area contributed by atoms with Crippen LogP contribution >= 0.6 is 0 Å². The summed E-state index contributed by atoms with van der Waals surface area (Å²) in [6, 6.07) is 2.04. The Hall–Kier alpha value is -1.83. The van der Waals surface area contributed by atoms with Gasteiger partial charge in [0.1, 0.15) is 6.23 Å². The summed E-state index contributed by atoms with van der Waals surface area (Å²) in [4.78, 5) is 9.75. The first-order chi connectivity index (χ1) is 8.25. The van der Waals surface area contributed by atoms with Gasteiger partial charge in [-0.1, -0.05) is 6.92 Å². The SMILES string of the molecule is CCC(N)Oc1ccc(C(F)(F)F)cc1[N+](=O)[O-]. The Morgan fingerprint density at radius 3 is 2.56 bits per heavy atom. The van der Waals surface area contributed by atoms with Crippen LogP contribution in [-0.2, 0) is 6.18 Å². The minimum atomic E-state index is -4.64. The Labute approximate surface area is 100 Å². The van der Waals surface area contributed by atoms with E-state index in [1.165, 1.54) is 0 Å². The van der Waals surface area contributed by atoms with Crippen LogP contribution in [0.1, 0.15) is 18.9 Å². The molecular weight excluding hydrogens is 253 g/mol. The second-order valence-corrected chi connectivity index (χ2v) is 3.50. The number of nitrogens with zero attached hydrogens (tertiary/aromatic N) is 1. The van der Waals surface area contributed by atoms with E-state index in [9.17, 15) is 23.3 Å². The highest BCUT2D eigenvalue weighted by Crippen LogP contribution is 2.36. The molecule has 0 aliphatic heterocycles. The van der Waals surface area contributed by atoms with Crippen LogP contribution in [0.25, 0.3) is 0 Å². The number of hydrogen-bond acceptors (Lipinski definition) is 4. The Balaban J connectivity index is 3.17. The van der Waals surface area contributed by atoms with Gasteiger partial charge >= 0.3 is 11.9 Å². The molecule has 0 aromatic heterocycles. The second kappa shape index (κ2) is 5.21. The molecule has 0 saturated heterocycles. The molecule has 0 aliphatic carbocycles. The van der Waals surface area contributed by atoms with E-state index in [1.807, 2.05) is 0 Å². The molecule has 0 spiro atoms. The molecule has 1 aromatic carbocycles. The number of ether oxygens (including phenoxy) is 1. The lowest BCUT2D eigenvalue weighted by atomic mass is 10.2. The molecule has 0 fully saturated rings. The third kappa shape index (κ3) is 3.33. The van der Waals surface area contributed by atoms with Gasteiger partial charge in [0.25, 0.3) is 0 Å². The highest BCUT2D eigenvalue weighted by atomic mass is 19.4. The number of alkyl halides is 3. The van der Waals surface area contributed by atoms with E-state index in [0.717, 1.165) is 6.07 Å². The largest absolute Gasteiger partial charge is 0.468 e. The average molecular weight is 264 g/mol. The highest BCUT2D eigenvalue weighted by molar-refractivity contribution is 5.49. The fourth-order valence-corrected chi connectivity index (χ4v) is 1.18. The summed E-state index contributed by atoms with van der Waals surface area (Å²) in [5, 5.41) is 10.7. The van der Waals surface area contributed by atoms with Gasteiger partial charge in [0.2, 0.25) is 0 Å². The van der Waals surface area contributed by atoms with E-state index in [4.69, 9.17) is 10.5 Å². The lowest BCUT2D eigenvalue weighted by Gasteiger charge is -2.13. The molecule has 5 nitrogen and oxygen atoms in total. The van der Waals surface area contributed by atoms with Crippen molar-refractivity contribution in [3.8, 4) is 5.75 Å². The molecule has 1 rings (SSSR count). The first kappa shape index (κ1) is 14.2.